The molecule has 8 nitrogen and oxygen atoms in total. The molecule has 1 N–H and O–H groups in total. The number of benzene rings is 2. The number of anilines is 1. The van der Waals surface area contributed by atoms with E-state index in [0.717, 1.165) is 22.9 Å². The quantitative estimate of drug-likeness (QED) is 0.659. The van der Waals surface area contributed by atoms with E-state index in [2.05, 4.69) is 5.32 Å². The standard InChI is InChI=1S/C23H29FN4O4S/c1-17-6-4-9-21(18(17)2)25-22(29)15-26(3)16-23(30)27-10-12-28(13-11-27)33(31,32)20-8-5-7-19(24)14-20/h4-9,14H,10-13,15-16H2,1-3H3,(H,25,29). The fraction of sp³-hybridized carbons (Fsp3) is 0.391. The van der Waals surface area contributed by atoms with Crippen molar-refractivity contribution in [1.82, 2.24) is 14.1 Å². The monoisotopic (exact) mass is 476 g/mol. The van der Waals surface area contributed by atoms with E-state index in [1.807, 2.05) is 32.0 Å². The van der Waals surface area contributed by atoms with Gasteiger partial charge < -0.3 is 10.2 Å². The lowest BCUT2D eigenvalue weighted by Gasteiger charge is -2.34. The van der Waals surface area contributed by atoms with Gasteiger partial charge in [0.15, 0.2) is 0 Å². The first-order valence-electron chi connectivity index (χ1n) is 10.7. The highest BCUT2D eigenvalue weighted by Gasteiger charge is 2.30. The number of hydrogen-bond donors (Lipinski definition) is 1. The first kappa shape index (κ1) is 24.8. The van der Waals surface area contributed by atoms with Crippen LogP contribution in [0, 0.1) is 19.7 Å². The molecule has 0 aliphatic carbocycles. The average molecular weight is 477 g/mol. The van der Waals surface area contributed by atoms with E-state index in [9.17, 15) is 22.4 Å². The summed E-state index contributed by atoms with van der Waals surface area (Å²) in [7, 11) is -2.13. The maximum Gasteiger partial charge on any atom is 0.243 e. The van der Waals surface area contributed by atoms with E-state index in [0.29, 0.717) is 0 Å². The van der Waals surface area contributed by atoms with Gasteiger partial charge >= 0.3 is 0 Å². The Labute approximate surface area is 194 Å². The summed E-state index contributed by atoms with van der Waals surface area (Å²) in [4.78, 5) is 28.1. The van der Waals surface area contributed by atoms with Gasteiger partial charge in [0.05, 0.1) is 18.0 Å². The van der Waals surface area contributed by atoms with Crippen molar-refractivity contribution in [3.63, 3.8) is 0 Å². The largest absolute Gasteiger partial charge is 0.339 e. The molecule has 0 saturated carbocycles. The lowest BCUT2D eigenvalue weighted by atomic mass is 10.1. The maximum atomic E-state index is 13.4. The Hall–Kier alpha value is -2.82. The Balaban J connectivity index is 1.49. The molecule has 2 aromatic carbocycles. The highest BCUT2D eigenvalue weighted by atomic mass is 32.2. The Kier molecular flexibility index (Phi) is 7.83. The minimum Gasteiger partial charge on any atom is -0.339 e. The molecule has 0 spiro atoms. The van der Waals surface area contributed by atoms with Crippen molar-refractivity contribution >= 4 is 27.5 Å². The molecule has 33 heavy (non-hydrogen) atoms. The second kappa shape index (κ2) is 10.4. The number of nitrogens with one attached hydrogen (secondary N) is 1. The predicted molar refractivity (Wildman–Crippen MR) is 124 cm³/mol. The van der Waals surface area contributed by atoms with Crippen molar-refractivity contribution < 1.29 is 22.4 Å². The van der Waals surface area contributed by atoms with Crippen LogP contribution in [0.4, 0.5) is 10.1 Å². The van der Waals surface area contributed by atoms with Gasteiger partial charge in [0.25, 0.3) is 0 Å². The number of likely N-dealkylation sites (N-methyl/N-ethyl adjacent to an activating group) is 1. The smallest absolute Gasteiger partial charge is 0.243 e. The molecule has 2 amide bonds. The predicted octanol–water partition coefficient (Wildman–Crippen LogP) is 1.85. The number of piperazine rings is 1. The average Bonchev–Trinajstić information content (AvgIpc) is 2.77. The fourth-order valence-electron chi connectivity index (χ4n) is 3.66. The lowest BCUT2D eigenvalue weighted by molar-refractivity contribution is -0.133. The van der Waals surface area contributed by atoms with Gasteiger partial charge in [-0.1, -0.05) is 18.2 Å². The molecule has 10 heteroatoms. The van der Waals surface area contributed by atoms with Gasteiger partial charge in [-0.2, -0.15) is 4.31 Å². The third-order valence-electron chi connectivity index (χ3n) is 5.72. The van der Waals surface area contributed by atoms with E-state index in [1.54, 1.807) is 16.8 Å². The summed E-state index contributed by atoms with van der Waals surface area (Å²) in [5.41, 5.74) is 2.82. The van der Waals surface area contributed by atoms with Crippen molar-refractivity contribution in [2.45, 2.75) is 18.7 Å². The number of carbonyl (C=O) groups excluding carboxylic acids is 2. The number of halogens is 1. The number of rotatable bonds is 7. The molecule has 0 radical (unpaired) electrons. The van der Waals surface area contributed by atoms with Gasteiger partial charge in [-0.15, -0.1) is 0 Å². The third-order valence-corrected chi connectivity index (χ3v) is 7.62. The molecule has 178 valence electrons. The first-order chi connectivity index (χ1) is 15.6. The van der Waals surface area contributed by atoms with Crippen molar-refractivity contribution in [3.8, 4) is 0 Å². The SMILES string of the molecule is Cc1cccc(NC(=O)CN(C)CC(=O)N2CCN(S(=O)(=O)c3cccc(F)c3)CC2)c1C. The molecule has 1 aliphatic rings. The maximum absolute atomic E-state index is 13.4. The van der Waals surface area contributed by atoms with Crippen LogP contribution in [-0.4, -0.2) is 80.7 Å². The number of carbonyl (C=O) groups is 2. The summed E-state index contributed by atoms with van der Waals surface area (Å²) in [6, 6.07) is 10.6. The highest BCUT2D eigenvalue weighted by molar-refractivity contribution is 7.89. The zero-order valence-electron chi connectivity index (χ0n) is 19.0. The summed E-state index contributed by atoms with van der Waals surface area (Å²) >= 11 is 0. The number of hydrogen-bond acceptors (Lipinski definition) is 5. The molecule has 1 saturated heterocycles. The van der Waals surface area contributed by atoms with Gasteiger partial charge in [0.2, 0.25) is 21.8 Å². The molecule has 1 fully saturated rings. The fourth-order valence-corrected chi connectivity index (χ4v) is 5.12. The number of aryl methyl sites for hydroxylation is 1. The van der Waals surface area contributed by atoms with Crippen molar-refractivity contribution in [2.24, 2.45) is 0 Å². The molecule has 0 aromatic heterocycles. The van der Waals surface area contributed by atoms with E-state index < -0.39 is 15.8 Å². The molecular weight excluding hydrogens is 447 g/mol. The molecule has 0 bridgehead atoms. The van der Waals surface area contributed by atoms with Gasteiger partial charge in [-0.3, -0.25) is 14.5 Å². The van der Waals surface area contributed by atoms with Crippen LogP contribution in [0.2, 0.25) is 0 Å². The van der Waals surface area contributed by atoms with Crippen molar-refractivity contribution in [3.05, 3.63) is 59.4 Å². The van der Waals surface area contributed by atoms with Crippen LogP contribution in [0.25, 0.3) is 0 Å². The van der Waals surface area contributed by atoms with E-state index in [1.165, 1.54) is 22.5 Å². The normalized spacial score (nSPS) is 15.0. The number of sulfonamides is 1. The molecule has 0 atom stereocenters. The molecular formula is C23H29FN4O4S. The Morgan fingerprint density at radius 1 is 1.03 bits per heavy atom. The van der Waals surface area contributed by atoms with Gasteiger partial charge in [-0.25, -0.2) is 12.8 Å². The zero-order valence-corrected chi connectivity index (χ0v) is 19.9. The number of nitrogens with zero attached hydrogens (tertiary/aromatic N) is 3. The minimum absolute atomic E-state index is 0.0386. The Morgan fingerprint density at radius 2 is 1.70 bits per heavy atom. The van der Waals surface area contributed by atoms with Crippen LogP contribution in [0.3, 0.4) is 0 Å². The van der Waals surface area contributed by atoms with Gasteiger partial charge in [0, 0.05) is 31.9 Å². The molecule has 3 rings (SSSR count). The Morgan fingerprint density at radius 3 is 2.36 bits per heavy atom. The van der Waals surface area contributed by atoms with Crippen LogP contribution in [0.1, 0.15) is 11.1 Å². The molecule has 0 unspecified atom stereocenters. The van der Waals surface area contributed by atoms with Crippen LogP contribution < -0.4 is 5.32 Å². The highest BCUT2D eigenvalue weighted by Crippen LogP contribution is 2.19. The summed E-state index contributed by atoms with van der Waals surface area (Å²) in [5.74, 6) is -1.01. The van der Waals surface area contributed by atoms with Crippen LogP contribution in [-0.2, 0) is 19.6 Å². The molecule has 1 heterocycles. The first-order valence-corrected chi connectivity index (χ1v) is 12.1. The van der Waals surface area contributed by atoms with Crippen LogP contribution in [0.5, 0.6) is 0 Å². The van der Waals surface area contributed by atoms with E-state index in [-0.39, 0.29) is 56.0 Å². The molecule has 2 aromatic rings. The second-order valence-corrected chi connectivity index (χ2v) is 10.1. The summed E-state index contributed by atoms with van der Waals surface area (Å²) < 4.78 is 40.1. The topological polar surface area (TPSA) is 90.0 Å². The lowest BCUT2D eigenvalue weighted by Crippen LogP contribution is -2.52. The van der Waals surface area contributed by atoms with Crippen molar-refractivity contribution in [2.75, 3.05) is 51.6 Å². The summed E-state index contributed by atoms with van der Waals surface area (Å²) in [6.45, 7) is 4.71. The van der Waals surface area contributed by atoms with Crippen LogP contribution in [0.15, 0.2) is 47.4 Å². The van der Waals surface area contributed by atoms with Gasteiger partial charge in [0.1, 0.15) is 5.82 Å². The molecule has 1 aliphatic heterocycles. The van der Waals surface area contributed by atoms with E-state index in [4.69, 9.17) is 0 Å². The van der Waals surface area contributed by atoms with Gasteiger partial charge in [-0.05, 0) is 56.3 Å². The van der Waals surface area contributed by atoms with E-state index >= 15 is 0 Å². The number of amides is 2. The Bertz CT molecular complexity index is 1130. The van der Waals surface area contributed by atoms with Crippen LogP contribution >= 0.6 is 0 Å². The zero-order chi connectivity index (χ0) is 24.2. The third kappa shape index (κ3) is 6.16. The van der Waals surface area contributed by atoms with Crippen molar-refractivity contribution in [1.29, 1.82) is 0 Å². The minimum atomic E-state index is -3.82. The summed E-state index contributed by atoms with van der Waals surface area (Å²) in [6.07, 6.45) is 0. The second-order valence-electron chi connectivity index (χ2n) is 8.21. The summed E-state index contributed by atoms with van der Waals surface area (Å²) in [5, 5.41) is 2.87.